The van der Waals surface area contributed by atoms with Gasteiger partial charge in [0.15, 0.2) is 0 Å². The molecular formula is C22H25NO5S. The lowest BCUT2D eigenvalue weighted by Gasteiger charge is -2.23. The Hall–Kier alpha value is -2.67. The summed E-state index contributed by atoms with van der Waals surface area (Å²) in [6.45, 7) is 2.25. The Morgan fingerprint density at radius 1 is 1.21 bits per heavy atom. The zero-order chi connectivity index (χ0) is 20.8. The zero-order valence-electron chi connectivity index (χ0n) is 16.4. The average Bonchev–Trinajstić information content (AvgIpc) is 3.08. The quantitative estimate of drug-likeness (QED) is 0.624. The number of aliphatic carboxylic acids is 1. The number of amides is 1. The number of rotatable bonds is 8. The van der Waals surface area contributed by atoms with Gasteiger partial charge < -0.3 is 15.2 Å². The van der Waals surface area contributed by atoms with Crippen LogP contribution in [0.15, 0.2) is 30.3 Å². The van der Waals surface area contributed by atoms with Crippen LogP contribution in [0.2, 0.25) is 0 Å². The molecule has 1 amide bonds. The summed E-state index contributed by atoms with van der Waals surface area (Å²) in [5.74, 6) is -1.48. The van der Waals surface area contributed by atoms with E-state index in [1.807, 2.05) is 25.1 Å². The first-order chi connectivity index (χ1) is 14.0. The fourth-order valence-electron chi connectivity index (χ4n) is 3.58. The number of nitrogens with one attached hydrogen (secondary N) is 1. The molecule has 2 aromatic rings. The number of hydrogen-bond acceptors (Lipinski definition) is 5. The molecule has 0 aliphatic heterocycles. The van der Waals surface area contributed by atoms with Gasteiger partial charge in [-0.15, -0.1) is 11.3 Å². The largest absolute Gasteiger partial charge is 0.481 e. The smallest absolute Gasteiger partial charge is 0.341 e. The van der Waals surface area contributed by atoms with Crippen LogP contribution >= 0.6 is 11.3 Å². The molecule has 1 aromatic carbocycles. The highest BCUT2D eigenvalue weighted by atomic mass is 32.1. The van der Waals surface area contributed by atoms with E-state index in [0.29, 0.717) is 29.5 Å². The number of carbonyl (C=O) groups excluding carboxylic acids is 2. The van der Waals surface area contributed by atoms with Crippen molar-refractivity contribution in [1.82, 2.24) is 0 Å². The highest BCUT2D eigenvalue weighted by molar-refractivity contribution is 7.17. The molecule has 0 bridgehead atoms. The topological polar surface area (TPSA) is 92.7 Å². The molecule has 1 atom stereocenters. The first-order valence-corrected chi connectivity index (χ1v) is 10.7. The second-order valence-electron chi connectivity index (χ2n) is 7.14. The molecule has 0 fully saturated rings. The van der Waals surface area contributed by atoms with Crippen LogP contribution in [0.3, 0.4) is 0 Å². The molecule has 1 aromatic heterocycles. The standard InChI is InChI=1S/C22H25NO5S/c1-2-12-28-22(27)20-16-9-8-15(14-6-4-3-5-7-14)13-17(16)29-21(20)23-18(24)10-11-19(25)26/h3-7,15H,2,8-13H2,1H3,(H,23,24)(H,25,26)/t15-/m1/s1. The Morgan fingerprint density at radius 2 is 1.97 bits per heavy atom. The van der Waals surface area contributed by atoms with Gasteiger partial charge in [0.25, 0.3) is 0 Å². The Balaban J connectivity index is 1.85. The minimum Gasteiger partial charge on any atom is -0.481 e. The maximum atomic E-state index is 12.7. The molecule has 3 rings (SSSR count). The molecule has 1 aliphatic carbocycles. The van der Waals surface area contributed by atoms with Crippen molar-refractivity contribution < 1.29 is 24.2 Å². The second-order valence-corrected chi connectivity index (χ2v) is 8.24. The lowest BCUT2D eigenvalue weighted by Crippen LogP contribution is -2.17. The minimum absolute atomic E-state index is 0.131. The van der Waals surface area contributed by atoms with Crippen LogP contribution < -0.4 is 5.32 Å². The first kappa shape index (κ1) is 21.0. The molecule has 0 spiro atoms. The number of hydrogen-bond donors (Lipinski definition) is 2. The van der Waals surface area contributed by atoms with E-state index in [-0.39, 0.29) is 12.8 Å². The van der Waals surface area contributed by atoms with E-state index in [2.05, 4.69) is 17.4 Å². The number of carboxylic acids is 1. The van der Waals surface area contributed by atoms with Crippen molar-refractivity contribution in [3.05, 3.63) is 51.9 Å². The summed E-state index contributed by atoms with van der Waals surface area (Å²) in [5.41, 5.74) is 2.67. The van der Waals surface area contributed by atoms with Gasteiger partial charge in [0, 0.05) is 11.3 Å². The van der Waals surface area contributed by atoms with E-state index >= 15 is 0 Å². The number of thiophene rings is 1. The third-order valence-electron chi connectivity index (χ3n) is 5.00. The van der Waals surface area contributed by atoms with Crippen molar-refractivity contribution in [2.24, 2.45) is 0 Å². The third-order valence-corrected chi connectivity index (χ3v) is 6.17. The summed E-state index contributed by atoms with van der Waals surface area (Å²) in [7, 11) is 0. The van der Waals surface area contributed by atoms with Crippen LogP contribution in [0.25, 0.3) is 0 Å². The monoisotopic (exact) mass is 415 g/mol. The Labute approximate surface area is 173 Å². The van der Waals surface area contributed by atoms with Crippen molar-refractivity contribution in [2.45, 2.75) is 51.4 Å². The van der Waals surface area contributed by atoms with Crippen molar-refractivity contribution >= 4 is 34.2 Å². The number of carboxylic acid groups (broad SMARTS) is 1. The fraction of sp³-hybridized carbons (Fsp3) is 0.409. The van der Waals surface area contributed by atoms with Crippen LogP contribution in [-0.2, 0) is 27.2 Å². The Bertz CT molecular complexity index is 890. The maximum Gasteiger partial charge on any atom is 0.341 e. The highest BCUT2D eigenvalue weighted by Gasteiger charge is 2.30. The highest BCUT2D eigenvalue weighted by Crippen LogP contribution is 2.42. The number of fused-ring (bicyclic) bond motifs is 1. The number of carbonyl (C=O) groups is 3. The van der Waals surface area contributed by atoms with Crippen molar-refractivity contribution in [3.63, 3.8) is 0 Å². The predicted molar refractivity (Wildman–Crippen MR) is 112 cm³/mol. The third kappa shape index (κ3) is 5.23. The molecular weight excluding hydrogens is 390 g/mol. The molecule has 1 aliphatic rings. The second kappa shape index (κ2) is 9.69. The SMILES string of the molecule is CCCOC(=O)c1c(NC(=O)CCC(=O)O)sc2c1CC[C@@H](c1ccccc1)C2. The Kier molecular flexibility index (Phi) is 7.04. The summed E-state index contributed by atoms with van der Waals surface area (Å²) in [4.78, 5) is 36.7. The fourth-order valence-corrected chi connectivity index (χ4v) is 4.91. The summed E-state index contributed by atoms with van der Waals surface area (Å²) in [6, 6.07) is 10.3. The molecule has 0 unspecified atom stereocenters. The van der Waals surface area contributed by atoms with Crippen LogP contribution in [0.1, 0.15) is 64.9 Å². The van der Waals surface area contributed by atoms with Gasteiger partial charge in [-0.3, -0.25) is 9.59 Å². The molecule has 2 N–H and O–H groups in total. The average molecular weight is 416 g/mol. The molecule has 6 nitrogen and oxygen atoms in total. The summed E-state index contributed by atoms with van der Waals surface area (Å²) >= 11 is 1.40. The summed E-state index contributed by atoms with van der Waals surface area (Å²) in [5, 5.41) is 12.0. The lowest BCUT2D eigenvalue weighted by atomic mass is 9.83. The molecule has 0 radical (unpaired) electrons. The van der Waals surface area contributed by atoms with Crippen molar-refractivity contribution in [1.29, 1.82) is 0 Å². The number of esters is 1. The van der Waals surface area contributed by atoms with E-state index in [9.17, 15) is 14.4 Å². The van der Waals surface area contributed by atoms with E-state index in [1.165, 1.54) is 16.9 Å². The summed E-state index contributed by atoms with van der Waals surface area (Å²) in [6.07, 6.45) is 2.81. The number of anilines is 1. The van der Waals surface area contributed by atoms with Crippen molar-refractivity contribution in [3.8, 4) is 0 Å². The summed E-state index contributed by atoms with van der Waals surface area (Å²) < 4.78 is 5.36. The molecule has 0 saturated heterocycles. The van der Waals surface area contributed by atoms with Crippen LogP contribution in [0.5, 0.6) is 0 Å². The molecule has 0 saturated carbocycles. The minimum atomic E-state index is -1.03. The van der Waals surface area contributed by atoms with E-state index < -0.39 is 17.8 Å². The van der Waals surface area contributed by atoms with E-state index in [0.717, 1.165) is 29.7 Å². The normalized spacial score (nSPS) is 15.4. The first-order valence-electron chi connectivity index (χ1n) is 9.87. The van der Waals surface area contributed by atoms with Gasteiger partial charge in [-0.2, -0.15) is 0 Å². The number of ether oxygens (including phenoxy) is 1. The molecule has 1 heterocycles. The molecule has 7 heteroatoms. The molecule has 154 valence electrons. The van der Waals surface area contributed by atoms with Gasteiger partial charge in [-0.1, -0.05) is 37.3 Å². The van der Waals surface area contributed by atoms with Crippen LogP contribution in [0.4, 0.5) is 5.00 Å². The number of benzene rings is 1. The van der Waals surface area contributed by atoms with Gasteiger partial charge in [-0.05, 0) is 42.7 Å². The van der Waals surface area contributed by atoms with Gasteiger partial charge >= 0.3 is 11.9 Å². The van der Waals surface area contributed by atoms with Gasteiger partial charge in [-0.25, -0.2) is 4.79 Å². The lowest BCUT2D eigenvalue weighted by molar-refractivity contribution is -0.138. The van der Waals surface area contributed by atoms with Gasteiger partial charge in [0.2, 0.25) is 5.91 Å². The van der Waals surface area contributed by atoms with Gasteiger partial charge in [0.1, 0.15) is 5.00 Å². The predicted octanol–water partition coefficient (Wildman–Crippen LogP) is 4.39. The van der Waals surface area contributed by atoms with Crippen LogP contribution in [-0.4, -0.2) is 29.6 Å². The zero-order valence-corrected chi connectivity index (χ0v) is 17.2. The van der Waals surface area contributed by atoms with Crippen LogP contribution in [0, 0.1) is 0 Å². The molecule has 29 heavy (non-hydrogen) atoms. The van der Waals surface area contributed by atoms with Gasteiger partial charge in [0.05, 0.1) is 18.6 Å². The van der Waals surface area contributed by atoms with Crippen molar-refractivity contribution in [2.75, 3.05) is 11.9 Å². The maximum absolute atomic E-state index is 12.7. The Morgan fingerprint density at radius 3 is 2.66 bits per heavy atom. The van der Waals surface area contributed by atoms with E-state index in [1.54, 1.807) is 0 Å². The van der Waals surface area contributed by atoms with E-state index in [4.69, 9.17) is 9.84 Å².